The number of rotatable bonds is 2. The van der Waals surface area contributed by atoms with Crippen LogP contribution in [0.3, 0.4) is 0 Å². The first kappa shape index (κ1) is 14.2. The fourth-order valence-electron chi connectivity index (χ4n) is 2.94. The summed E-state index contributed by atoms with van der Waals surface area (Å²) in [7, 11) is -3.66. The van der Waals surface area contributed by atoms with E-state index in [0.717, 1.165) is 11.3 Å². The Kier molecular flexibility index (Phi) is 3.32. The van der Waals surface area contributed by atoms with Gasteiger partial charge in [-0.15, -0.1) is 0 Å². The molecule has 23 heavy (non-hydrogen) atoms. The van der Waals surface area contributed by atoms with Gasteiger partial charge in [-0.25, -0.2) is 13.4 Å². The summed E-state index contributed by atoms with van der Waals surface area (Å²) >= 11 is 0. The van der Waals surface area contributed by atoms with Gasteiger partial charge in [-0.1, -0.05) is 18.2 Å². The molecule has 1 aliphatic rings. The van der Waals surface area contributed by atoms with Crippen LogP contribution in [0, 0.1) is 0 Å². The molecule has 3 aromatic rings. The molecule has 7 heteroatoms. The number of aromatic nitrogens is 2. The van der Waals surface area contributed by atoms with Crippen LogP contribution in [0.2, 0.25) is 0 Å². The quantitative estimate of drug-likeness (QED) is 0.753. The van der Waals surface area contributed by atoms with E-state index in [2.05, 4.69) is 15.3 Å². The minimum absolute atomic E-state index is 0.261. The fraction of sp³-hybridized carbons (Fsp3) is 0.188. The molecule has 0 aliphatic carbocycles. The van der Waals surface area contributed by atoms with Crippen molar-refractivity contribution in [1.29, 1.82) is 0 Å². The Hall–Kier alpha value is -2.38. The van der Waals surface area contributed by atoms with Crippen LogP contribution >= 0.6 is 0 Å². The molecule has 3 heterocycles. The number of benzene rings is 1. The number of anilines is 1. The number of sulfonamides is 1. The fourth-order valence-corrected chi connectivity index (χ4v) is 4.60. The van der Waals surface area contributed by atoms with Crippen LogP contribution in [-0.4, -0.2) is 31.5 Å². The summed E-state index contributed by atoms with van der Waals surface area (Å²) in [6, 6.07) is 11.1. The van der Waals surface area contributed by atoms with Gasteiger partial charge in [0, 0.05) is 37.4 Å². The summed E-state index contributed by atoms with van der Waals surface area (Å²) < 4.78 is 27.9. The van der Waals surface area contributed by atoms with Crippen LogP contribution in [-0.2, 0) is 16.6 Å². The molecule has 0 fully saturated rings. The molecule has 4 rings (SSSR count). The molecular weight excluding hydrogens is 312 g/mol. The second kappa shape index (κ2) is 5.36. The van der Waals surface area contributed by atoms with E-state index in [-0.39, 0.29) is 4.90 Å². The maximum Gasteiger partial charge on any atom is 0.266 e. The van der Waals surface area contributed by atoms with Crippen molar-refractivity contribution in [2.45, 2.75) is 11.4 Å². The van der Waals surface area contributed by atoms with Gasteiger partial charge in [0.05, 0.1) is 5.69 Å². The molecule has 1 aliphatic heterocycles. The van der Waals surface area contributed by atoms with Gasteiger partial charge in [0.25, 0.3) is 10.0 Å². The number of aromatic amines is 1. The molecule has 0 saturated heterocycles. The molecule has 1 aromatic carbocycles. The average molecular weight is 328 g/mol. The first-order valence-electron chi connectivity index (χ1n) is 7.41. The first-order chi connectivity index (χ1) is 11.2. The number of para-hydroxylation sites is 1. The standard InChI is InChI=1S/C16H16N4O2S/c21-23(22,15-11-19-16-13(15)5-3-7-18-16)20-9-8-17-10-12-4-1-2-6-14(12)20/h1-7,11,17H,8-10H2,(H,18,19). The Morgan fingerprint density at radius 2 is 2.00 bits per heavy atom. The van der Waals surface area contributed by atoms with Gasteiger partial charge >= 0.3 is 0 Å². The topological polar surface area (TPSA) is 78.1 Å². The second-order valence-corrected chi connectivity index (χ2v) is 7.27. The van der Waals surface area contributed by atoms with Gasteiger partial charge in [-0.2, -0.15) is 0 Å². The van der Waals surface area contributed by atoms with E-state index in [4.69, 9.17) is 0 Å². The number of hydrogen-bond acceptors (Lipinski definition) is 4. The van der Waals surface area contributed by atoms with Crippen molar-refractivity contribution in [3.63, 3.8) is 0 Å². The highest BCUT2D eigenvalue weighted by Crippen LogP contribution is 2.31. The third-order valence-electron chi connectivity index (χ3n) is 4.05. The number of H-pyrrole nitrogens is 1. The summed E-state index contributed by atoms with van der Waals surface area (Å²) in [5, 5.41) is 3.87. The predicted molar refractivity (Wildman–Crippen MR) is 88.8 cm³/mol. The largest absolute Gasteiger partial charge is 0.345 e. The Bertz CT molecular complexity index is 965. The van der Waals surface area contributed by atoms with Crippen LogP contribution < -0.4 is 9.62 Å². The van der Waals surface area contributed by atoms with Gasteiger partial charge in [-0.3, -0.25) is 4.31 Å². The monoisotopic (exact) mass is 328 g/mol. The van der Waals surface area contributed by atoms with Gasteiger partial charge in [0.1, 0.15) is 10.5 Å². The van der Waals surface area contributed by atoms with Crippen LogP contribution in [0.5, 0.6) is 0 Å². The normalized spacial score (nSPS) is 15.4. The number of pyridine rings is 1. The molecule has 0 spiro atoms. The summed E-state index contributed by atoms with van der Waals surface area (Å²) in [4.78, 5) is 7.37. The Morgan fingerprint density at radius 1 is 1.13 bits per heavy atom. The SMILES string of the molecule is O=S(=O)(c1c[nH]c2ncccc12)N1CCNCc2ccccc21. The maximum atomic E-state index is 13.2. The summed E-state index contributed by atoms with van der Waals surface area (Å²) in [5.74, 6) is 0. The summed E-state index contributed by atoms with van der Waals surface area (Å²) in [6.45, 7) is 1.67. The van der Waals surface area contributed by atoms with E-state index in [1.54, 1.807) is 18.3 Å². The third-order valence-corrected chi connectivity index (χ3v) is 5.90. The van der Waals surface area contributed by atoms with Crippen molar-refractivity contribution >= 4 is 26.7 Å². The van der Waals surface area contributed by atoms with Crippen molar-refractivity contribution in [2.24, 2.45) is 0 Å². The van der Waals surface area contributed by atoms with Gasteiger partial charge in [0.15, 0.2) is 0 Å². The molecule has 2 aromatic heterocycles. The Balaban J connectivity index is 1.89. The molecule has 0 radical (unpaired) electrons. The lowest BCUT2D eigenvalue weighted by Crippen LogP contribution is -2.34. The average Bonchev–Trinajstić information content (AvgIpc) is 2.88. The molecule has 0 bridgehead atoms. The zero-order chi connectivity index (χ0) is 15.9. The zero-order valence-corrected chi connectivity index (χ0v) is 13.2. The van der Waals surface area contributed by atoms with Crippen molar-refractivity contribution in [3.8, 4) is 0 Å². The van der Waals surface area contributed by atoms with Crippen molar-refractivity contribution in [1.82, 2.24) is 15.3 Å². The molecule has 0 unspecified atom stereocenters. The molecule has 0 atom stereocenters. The first-order valence-corrected chi connectivity index (χ1v) is 8.85. The Morgan fingerprint density at radius 3 is 2.91 bits per heavy atom. The van der Waals surface area contributed by atoms with Gasteiger partial charge < -0.3 is 10.3 Å². The van der Waals surface area contributed by atoms with Crippen molar-refractivity contribution in [3.05, 3.63) is 54.4 Å². The summed E-state index contributed by atoms with van der Waals surface area (Å²) in [5.41, 5.74) is 2.29. The van der Waals surface area contributed by atoms with Gasteiger partial charge in [-0.05, 0) is 23.8 Å². The second-order valence-electron chi connectivity index (χ2n) is 5.44. The highest BCUT2D eigenvalue weighted by molar-refractivity contribution is 7.93. The number of fused-ring (bicyclic) bond motifs is 2. The van der Waals surface area contributed by atoms with Crippen LogP contribution in [0.15, 0.2) is 53.7 Å². The third kappa shape index (κ3) is 2.29. The summed E-state index contributed by atoms with van der Waals surface area (Å²) in [6.07, 6.45) is 3.16. The molecular formula is C16H16N4O2S. The molecule has 118 valence electrons. The van der Waals surface area contributed by atoms with E-state index in [1.807, 2.05) is 24.3 Å². The highest BCUT2D eigenvalue weighted by atomic mass is 32.2. The lowest BCUT2D eigenvalue weighted by molar-refractivity contribution is 0.590. The van der Waals surface area contributed by atoms with E-state index in [0.29, 0.717) is 30.7 Å². The minimum Gasteiger partial charge on any atom is -0.345 e. The molecule has 0 amide bonds. The zero-order valence-electron chi connectivity index (χ0n) is 12.4. The smallest absolute Gasteiger partial charge is 0.266 e. The molecule has 6 nitrogen and oxygen atoms in total. The van der Waals surface area contributed by atoms with E-state index in [9.17, 15) is 8.42 Å². The predicted octanol–water partition coefficient (Wildman–Crippen LogP) is 1.86. The highest BCUT2D eigenvalue weighted by Gasteiger charge is 2.30. The van der Waals surface area contributed by atoms with Gasteiger partial charge in [0.2, 0.25) is 0 Å². The lowest BCUT2D eigenvalue weighted by atomic mass is 10.2. The van der Waals surface area contributed by atoms with Crippen molar-refractivity contribution in [2.75, 3.05) is 17.4 Å². The maximum absolute atomic E-state index is 13.2. The number of nitrogens with one attached hydrogen (secondary N) is 2. The van der Waals surface area contributed by atoms with Crippen LogP contribution in [0.1, 0.15) is 5.56 Å². The van der Waals surface area contributed by atoms with E-state index >= 15 is 0 Å². The molecule has 2 N–H and O–H groups in total. The van der Waals surface area contributed by atoms with Crippen LogP contribution in [0.25, 0.3) is 11.0 Å². The Labute approximate surface area is 134 Å². The number of nitrogens with zero attached hydrogens (tertiary/aromatic N) is 2. The van der Waals surface area contributed by atoms with Crippen molar-refractivity contribution < 1.29 is 8.42 Å². The minimum atomic E-state index is -3.66. The van der Waals surface area contributed by atoms with E-state index in [1.165, 1.54) is 10.5 Å². The van der Waals surface area contributed by atoms with Crippen LogP contribution in [0.4, 0.5) is 5.69 Å². The lowest BCUT2D eigenvalue weighted by Gasteiger charge is -2.23. The number of hydrogen-bond donors (Lipinski definition) is 2. The van der Waals surface area contributed by atoms with E-state index < -0.39 is 10.0 Å². The molecule has 0 saturated carbocycles.